The second-order valence-electron chi connectivity index (χ2n) is 9.06. The van der Waals surface area contributed by atoms with Crippen molar-refractivity contribution in [3.05, 3.63) is 63.6 Å². The van der Waals surface area contributed by atoms with E-state index in [4.69, 9.17) is 35.4 Å². The number of carbonyl (C=O) groups is 3. The molecule has 0 spiro atoms. The molecule has 1 saturated carbocycles. The fraction of sp³-hybridized carbons (Fsp3) is 0.385. The van der Waals surface area contributed by atoms with Gasteiger partial charge in [0.05, 0.1) is 20.6 Å². The molecule has 37 heavy (non-hydrogen) atoms. The van der Waals surface area contributed by atoms with E-state index in [1.54, 1.807) is 49.5 Å². The van der Waals surface area contributed by atoms with Gasteiger partial charge in [-0.25, -0.2) is 9.59 Å². The Morgan fingerprint density at radius 2 is 1.68 bits per heavy atom. The predicted octanol–water partition coefficient (Wildman–Crippen LogP) is 5.04. The fourth-order valence-electron chi connectivity index (χ4n) is 4.53. The third-order valence-electron chi connectivity index (χ3n) is 6.60. The number of urea groups is 1. The Bertz CT molecular complexity index is 1130. The summed E-state index contributed by atoms with van der Waals surface area (Å²) in [5, 5.41) is 21.5. The molecule has 2 aromatic carbocycles. The molecular weight excluding hydrogens is 535 g/mol. The zero-order chi connectivity index (χ0) is 27.0. The van der Waals surface area contributed by atoms with Gasteiger partial charge in [-0.3, -0.25) is 4.79 Å². The van der Waals surface area contributed by atoms with Crippen molar-refractivity contribution in [2.75, 3.05) is 18.9 Å². The first-order chi connectivity index (χ1) is 17.6. The minimum Gasteiger partial charge on any atom is -0.480 e. The molecule has 0 saturated heterocycles. The molecule has 198 valence electrons. The lowest BCUT2D eigenvalue weighted by molar-refractivity contribution is -0.139. The van der Waals surface area contributed by atoms with Crippen LogP contribution in [0, 0.1) is 5.41 Å². The zero-order valence-corrected chi connectivity index (χ0v) is 22.7. The van der Waals surface area contributed by atoms with E-state index in [1.807, 2.05) is 0 Å². The van der Waals surface area contributed by atoms with Crippen LogP contribution in [0.4, 0.5) is 10.5 Å². The maximum absolute atomic E-state index is 12.6. The summed E-state index contributed by atoms with van der Waals surface area (Å²) < 4.78 is 0. The van der Waals surface area contributed by atoms with Crippen molar-refractivity contribution in [3.8, 4) is 0 Å². The van der Waals surface area contributed by atoms with Gasteiger partial charge >= 0.3 is 12.0 Å². The molecule has 11 heteroatoms. The van der Waals surface area contributed by atoms with Crippen molar-refractivity contribution in [1.29, 1.82) is 0 Å². The van der Waals surface area contributed by atoms with Crippen LogP contribution in [0.1, 0.15) is 48.0 Å². The lowest BCUT2D eigenvalue weighted by atomic mass is 9.82. The Kier molecular flexibility index (Phi) is 10.1. The molecule has 1 atom stereocenters. The first kappa shape index (κ1) is 28.7. The summed E-state index contributed by atoms with van der Waals surface area (Å²) in [5.74, 6) is -1.45. The van der Waals surface area contributed by atoms with Crippen LogP contribution in [-0.2, 0) is 11.2 Å². The Morgan fingerprint density at radius 1 is 1.05 bits per heavy atom. The van der Waals surface area contributed by atoms with Gasteiger partial charge < -0.3 is 26.4 Å². The fourth-order valence-corrected chi connectivity index (χ4v) is 5.54. The number of halogens is 2. The van der Waals surface area contributed by atoms with Crippen LogP contribution >= 0.6 is 35.4 Å². The Morgan fingerprint density at radius 3 is 2.24 bits per heavy atom. The summed E-state index contributed by atoms with van der Waals surface area (Å²) in [4.78, 5) is 36.7. The third kappa shape index (κ3) is 7.56. The standard InChI is InChI=1S/C26H30Cl2N4O4S/c1-29-25(36)30-14-13-26(11-2-3-12-26)24(37)32-20(23(34)35)15-16-7-9-17(10-8-16)31-22(33)21-18(27)5-4-6-19(21)28/h4-10,20H,2-3,11-15H2,1H3,(H,31,33)(H,32,37)(H,34,35)(H2,29,30,36)/t20-/m0/s1. The molecule has 0 heterocycles. The number of rotatable bonds is 10. The monoisotopic (exact) mass is 564 g/mol. The van der Waals surface area contributed by atoms with Crippen LogP contribution in [-0.4, -0.2) is 47.6 Å². The Labute approximate surface area is 231 Å². The van der Waals surface area contributed by atoms with Gasteiger partial charge in [-0.05, 0) is 49.1 Å². The Balaban J connectivity index is 1.63. The molecule has 2 aromatic rings. The summed E-state index contributed by atoms with van der Waals surface area (Å²) in [5.41, 5.74) is 1.13. The molecule has 8 nitrogen and oxygen atoms in total. The average molecular weight is 566 g/mol. The number of hydrogen-bond donors (Lipinski definition) is 5. The highest BCUT2D eigenvalue weighted by Gasteiger charge is 2.39. The van der Waals surface area contributed by atoms with Crippen molar-refractivity contribution in [1.82, 2.24) is 16.0 Å². The molecule has 3 rings (SSSR count). The molecule has 0 bridgehead atoms. The van der Waals surface area contributed by atoms with Gasteiger partial charge in [-0.1, -0.05) is 66.5 Å². The van der Waals surface area contributed by atoms with Crippen LogP contribution in [0.15, 0.2) is 42.5 Å². The van der Waals surface area contributed by atoms with Gasteiger partial charge in [0.25, 0.3) is 5.91 Å². The largest absolute Gasteiger partial charge is 0.480 e. The number of thiocarbonyl (C=S) groups is 1. The van der Waals surface area contributed by atoms with Gasteiger partial charge in [-0.15, -0.1) is 0 Å². The molecule has 1 aliphatic carbocycles. The summed E-state index contributed by atoms with van der Waals surface area (Å²) >= 11 is 17.9. The van der Waals surface area contributed by atoms with Crippen molar-refractivity contribution in [3.63, 3.8) is 0 Å². The number of benzene rings is 2. The molecule has 0 aromatic heterocycles. The third-order valence-corrected chi connectivity index (χ3v) is 7.78. The second kappa shape index (κ2) is 13.1. The van der Waals surface area contributed by atoms with Crippen LogP contribution in [0.2, 0.25) is 10.0 Å². The van der Waals surface area contributed by atoms with E-state index in [-0.39, 0.29) is 33.5 Å². The number of carboxylic acid groups (broad SMARTS) is 1. The smallest absolute Gasteiger partial charge is 0.326 e. The van der Waals surface area contributed by atoms with Crippen molar-refractivity contribution < 1.29 is 19.5 Å². The summed E-state index contributed by atoms with van der Waals surface area (Å²) in [6.07, 6.45) is 4.56. The predicted molar refractivity (Wildman–Crippen MR) is 150 cm³/mol. The number of nitrogens with one attached hydrogen (secondary N) is 4. The van der Waals surface area contributed by atoms with Crippen molar-refractivity contribution in [2.45, 2.75) is 44.6 Å². The number of carboxylic acids is 1. The van der Waals surface area contributed by atoms with Crippen LogP contribution in [0.3, 0.4) is 0 Å². The number of hydrogen-bond acceptors (Lipinski definition) is 4. The van der Waals surface area contributed by atoms with Gasteiger partial charge in [-0.2, -0.15) is 0 Å². The molecule has 1 aliphatic rings. The Hall–Kier alpha value is -2.88. The second-order valence-corrected chi connectivity index (χ2v) is 10.3. The van der Waals surface area contributed by atoms with Crippen LogP contribution in [0.25, 0.3) is 0 Å². The van der Waals surface area contributed by atoms with E-state index in [0.29, 0.717) is 23.6 Å². The van der Waals surface area contributed by atoms with Gasteiger partial charge in [0.15, 0.2) is 0 Å². The lowest BCUT2D eigenvalue weighted by Crippen LogP contribution is -2.48. The van der Waals surface area contributed by atoms with E-state index >= 15 is 0 Å². The average Bonchev–Trinajstić information content (AvgIpc) is 3.34. The number of anilines is 1. The summed E-state index contributed by atoms with van der Waals surface area (Å²) in [6, 6.07) is 10.5. The number of carbonyl (C=O) groups excluding carboxylic acids is 2. The highest BCUT2D eigenvalue weighted by molar-refractivity contribution is 7.80. The first-order valence-corrected chi connectivity index (χ1v) is 13.2. The maximum Gasteiger partial charge on any atom is 0.326 e. The van der Waals surface area contributed by atoms with E-state index in [0.717, 1.165) is 31.2 Å². The highest BCUT2D eigenvalue weighted by atomic mass is 35.5. The van der Waals surface area contributed by atoms with Gasteiger partial charge in [0.1, 0.15) is 6.04 Å². The van der Waals surface area contributed by atoms with Crippen molar-refractivity contribution >= 4 is 64.0 Å². The molecular formula is C26H30Cl2N4O4S. The molecule has 0 aliphatic heterocycles. The first-order valence-electron chi connectivity index (χ1n) is 12.0. The minimum atomic E-state index is -1.01. The van der Waals surface area contributed by atoms with E-state index in [1.165, 1.54) is 0 Å². The summed E-state index contributed by atoms with van der Waals surface area (Å²) in [7, 11) is 1.55. The van der Waals surface area contributed by atoms with E-state index < -0.39 is 17.9 Å². The summed E-state index contributed by atoms with van der Waals surface area (Å²) in [6.45, 7) is 0.450. The van der Waals surface area contributed by atoms with Gasteiger partial charge in [0.2, 0.25) is 0 Å². The van der Waals surface area contributed by atoms with Crippen molar-refractivity contribution in [2.24, 2.45) is 5.41 Å². The molecule has 5 N–H and O–H groups in total. The molecule has 1 fully saturated rings. The normalized spacial score (nSPS) is 14.9. The van der Waals surface area contributed by atoms with Gasteiger partial charge in [0, 0.05) is 31.1 Å². The molecule has 3 amide bonds. The van der Waals surface area contributed by atoms with E-state index in [2.05, 4.69) is 21.3 Å². The highest BCUT2D eigenvalue weighted by Crippen LogP contribution is 2.42. The SMILES string of the molecule is CNC(=O)NCCC1(C(=S)N[C@@H](Cc2ccc(NC(=O)c3c(Cl)cccc3Cl)cc2)C(=O)O)CCCC1. The minimum absolute atomic E-state index is 0.185. The zero-order valence-electron chi connectivity index (χ0n) is 20.4. The number of aliphatic carboxylic acids is 1. The maximum atomic E-state index is 12.6. The molecule has 0 radical (unpaired) electrons. The number of amides is 3. The quantitative estimate of drug-likeness (QED) is 0.258. The van der Waals surface area contributed by atoms with Crippen LogP contribution < -0.4 is 21.3 Å². The lowest BCUT2D eigenvalue weighted by Gasteiger charge is -2.32. The molecule has 0 unspecified atom stereocenters. The van der Waals surface area contributed by atoms with E-state index in [9.17, 15) is 19.5 Å². The topological polar surface area (TPSA) is 120 Å². The van der Waals surface area contributed by atoms with Crippen LogP contribution in [0.5, 0.6) is 0 Å².